The van der Waals surface area contributed by atoms with Crippen molar-refractivity contribution in [1.82, 2.24) is 0 Å². The van der Waals surface area contributed by atoms with E-state index in [1.165, 1.54) is 0 Å². The van der Waals surface area contributed by atoms with Crippen LogP contribution in [0.3, 0.4) is 0 Å². The van der Waals surface area contributed by atoms with Crippen LogP contribution in [0.15, 0.2) is 0 Å². The topological polar surface area (TPSA) is 61.5 Å². The smallest absolute Gasteiger partial charge is 0.294 e. The van der Waals surface area contributed by atoms with E-state index in [0.29, 0.717) is 19.7 Å². The second-order valence-electron chi connectivity index (χ2n) is 1.97. The molecule has 0 aromatic rings. The van der Waals surface area contributed by atoms with Crippen LogP contribution in [0.1, 0.15) is 0 Å². The first kappa shape index (κ1) is 6.90. The quantitative estimate of drug-likeness (QED) is 0.299. The van der Waals surface area contributed by atoms with Crippen molar-refractivity contribution in [2.75, 3.05) is 13.2 Å². The lowest BCUT2D eigenvalue weighted by atomic mass is 10.0. The average molecular weight is 141 g/mol. The van der Waals surface area contributed by atoms with Crippen LogP contribution in [0.4, 0.5) is 0 Å². The molecule has 2 N–H and O–H groups in total. The molecule has 0 amide bonds. The molecule has 1 saturated heterocycles. The van der Waals surface area contributed by atoms with E-state index in [0.717, 1.165) is 0 Å². The summed E-state index contributed by atoms with van der Waals surface area (Å²) in [6.45, 7) is 0.985. The first-order valence-corrected chi connectivity index (χ1v) is 2.75. The normalized spacial score (nSPS) is 19.6. The first-order valence-electron chi connectivity index (χ1n) is 2.75. The molecule has 0 bridgehead atoms. The third kappa shape index (κ3) is 1.04. The average Bonchev–Trinajstić information content (AvgIpc) is 1.84. The van der Waals surface area contributed by atoms with Gasteiger partial charge in [0.25, 0.3) is 6.47 Å². The minimum absolute atomic E-state index is 0.315. The van der Waals surface area contributed by atoms with Crippen LogP contribution in [-0.2, 0) is 14.3 Å². The SMILES string of the molecule is NC#CC1(OC=O)COC1. The Bertz CT molecular complexity index is 187. The van der Waals surface area contributed by atoms with Gasteiger partial charge in [-0.1, -0.05) is 0 Å². The lowest BCUT2D eigenvalue weighted by Gasteiger charge is -2.34. The van der Waals surface area contributed by atoms with Crippen LogP contribution in [0.5, 0.6) is 0 Å². The summed E-state index contributed by atoms with van der Waals surface area (Å²) >= 11 is 0. The molecule has 0 aromatic carbocycles. The summed E-state index contributed by atoms with van der Waals surface area (Å²) in [5, 5.41) is 0. The summed E-state index contributed by atoms with van der Waals surface area (Å²) in [6, 6.07) is 2.18. The highest BCUT2D eigenvalue weighted by Crippen LogP contribution is 2.19. The molecule has 0 radical (unpaired) electrons. The van der Waals surface area contributed by atoms with Gasteiger partial charge in [0.05, 0.1) is 0 Å². The second-order valence-corrected chi connectivity index (χ2v) is 1.97. The third-order valence-corrected chi connectivity index (χ3v) is 1.24. The molecule has 54 valence electrons. The Balaban J connectivity index is 2.55. The summed E-state index contributed by atoms with van der Waals surface area (Å²) < 4.78 is 9.45. The van der Waals surface area contributed by atoms with Crippen molar-refractivity contribution in [2.45, 2.75) is 5.60 Å². The fourth-order valence-corrected chi connectivity index (χ4v) is 0.681. The molecular weight excluding hydrogens is 134 g/mol. The monoisotopic (exact) mass is 141 g/mol. The fourth-order valence-electron chi connectivity index (χ4n) is 0.681. The zero-order valence-corrected chi connectivity index (χ0v) is 5.29. The van der Waals surface area contributed by atoms with E-state index in [2.05, 4.69) is 16.7 Å². The molecule has 0 atom stereocenters. The lowest BCUT2D eigenvalue weighted by molar-refractivity contribution is -0.179. The van der Waals surface area contributed by atoms with Crippen molar-refractivity contribution in [3.8, 4) is 12.0 Å². The van der Waals surface area contributed by atoms with Crippen LogP contribution in [0, 0.1) is 12.0 Å². The van der Waals surface area contributed by atoms with E-state index >= 15 is 0 Å². The van der Waals surface area contributed by atoms with Crippen LogP contribution in [-0.4, -0.2) is 25.3 Å². The molecule has 0 saturated carbocycles. The molecule has 0 aliphatic carbocycles. The van der Waals surface area contributed by atoms with Gasteiger partial charge in [-0.3, -0.25) is 4.79 Å². The van der Waals surface area contributed by atoms with Crippen LogP contribution >= 0.6 is 0 Å². The first-order chi connectivity index (χ1) is 4.83. The predicted octanol–water partition coefficient (Wildman–Crippen LogP) is -1.15. The number of carbonyl (C=O) groups is 1. The molecule has 1 rings (SSSR count). The Kier molecular flexibility index (Phi) is 1.78. The highest BCUT2D eigenvalue weighted by atomic mass is 16.6. The van der Waals surface area contributed by atoms with Gasteiger partial charge in [0.2, 0.25) is 5.60 Å². The van der Waals surface area contributed by atoms with Crippen molar-refractivity contribution >= 4 is 6.47 Å². The number of carbonyl (C=O) groups excluding carboxylic acids is 1. The fraction of sp³-hybridized carbons (Fsp3) is 0.500. The molecule has 10 heavy (non-hydrogen) atoms. The van der Waals surface area contributed by atoms with Gasteiger partial charge in [-0.25, -0.2) is 0 Å². The minimum Gasteiger partial charge on any atom is -0.443 e. The molecule has 1 aliphatic rings. The molecule has 0 aromatic heterocycles. The van der Waals surface area contributed by atoms with Gasteiger partial charge in [-0.05, 0) is 5.92 Å². The van der Waals surface area contributed by atoms with E-state index in [1.54, 1.807) is 0 Å². The zero-order valence-electron chi connectivity index (χ0n) is 5.29. The molecule has 4 heteroatoms. The highest BCUT2D eigenvalue weighted by Gasteiger charge is 2.39. The van der Waals surface area contributed by atoms with E-state index < -0.39 is 5.60 Å². The molecule has 0 unspecified atom stereocenters. The molecule has 1 fully saturated rings. The largest absolute Gasteiger partial charge is 0.443 e. The van der Waals surface area contributed by atoms with Crippen molar-refractivity contribution < 1.29 is 14.3 Å². The van der Waals surface area contributed by atoms with Crippen LogP contribution in [0.2, 0.25) is 0 Å². The van der Waals surface area contributed by atoms with E-state index in [-0.39, 0.29) is 0 Å². The van der Waals surface area contributed by atoms with Gasteiger partial charge in [0, 0.05) is 6.04 Å². The Labute approximate surface area is 58.3 Å². The van der Waals surface area contributed by atoms with Gasteiger partial charge in [0.15, 0.2) is 0 Å². The Hall–Kier alpha value is -1.21. The molecule has 4 nitrogen and oxygen atoms in total. The maximum Gasteiger partial charge on any atom is 0.294 e. The Morgan fingerprint density at radius 1 is 1.70 bits per heavy atom. The molecule has 1 heterocycles. The lowest BCUT2D eigenvalue weighted by Crippen LogP contribution is -2.50. The Morgan fingerprint density at radius 3 is 2.70 bits per heavy atom. The summed E-state index contributed by atoms with van der Waals surface area (Å²) in [5.41, 5.74) is 4.19. The number of hydrogen-bond acceptors (Lipinski definition) is 4. The van der Waals surface area contributed by atoms with Gasteiger partial charge in [-0.15, -0.1) is 0 Å². The van der Waals surface area contributed by atoms with E-state index in [9.17, 15) is 4.79 Å². The minimum atomic E-state index is -0.753. The molecule has 1 aliphatic heterocycles. The summed E-state index contributed by atoms with van der Waals surface area (Å²) in [6.07, 6.45) is 0. The predicted molar refractivity (Wildman–Crippen MR) is 32.7 cm³/mol. The summed E-state index contributed by atoms with van der Waals surface area (Å²) in [7, 11) is 0. The number of hydrogen-bond donors (Lipinski definition) is 1. The standard InChI is InChI=1S/C6H7NO3/c7-2-1-6(10-5-8)3-9-4-6/h5H,3-4,7H2. The van der Waals surface area contributed by atoms with Gasteiger partial charge in [-0.2, -0.15) is 0 Å². The number of rotatable bonds is 2. The summed E-state index contributed by atoms with van der Waals surface area (Å²) in [4.78, 5) is 9.90. The van der Waals surface area contributed by atoms with E-state index in [4.69, 9.17) is 10.5 Å². The van der Waals surface area contributed by atoms with Gasteiger partial charge in [0.1, 0.15) is 13.2 Å². The number of ether oxygens (including phenoxy) is 2. The molecule has 0 spiro atoms. The highest BCUT2D eigenvalue weighted by molar-refractivity contribution is 5.41. The van der Waals surface area contributed by atoms with Crippen LogP contribution < -0.4 is 5.73 Å². The van der Waals surface area contributed by atoms with E-state index in [1.807, 2.05) is 0 Å². The maximum absolute atomic E-state index is 9.90. The van der Waals surface area contributed by atoms with Crippen molar-refractivity contribution in [1.29, 1.82) is 0 Å². The van der Waals surface area contributed by atoms with Crippen molar-refractivity contribution in [2.24, 2.45) is 5.73 Å². The van der Waals surface area contributed by atoms with Crippen molar-refractivity contribution in [3.63, 3.8) is 0 Å². The second kappa shape index (κ2) is 2.58. The summed E-state index contributed by atoms with van der Waals surface area (Å²) in [5.74, 6) is 2.55. The Morgan fingerprint density at radius 2 is 2.40 bits per heavy atom. The zero-order chi connectivity index (χ0) is 7.45. The molecular formula is C6H7NO3. The van der Waals surface area contributed by atoms with Gasteiger partial charge >= 0.3 is 0 Å². The number of nitrogens with two attached hydrogens (primary N) is 1. The van der Waals surface area contributed by atoms with Crippen LogP contribution in [0.25, 0.3) is 0 Å². The third-order valence-electron chi connectivity index (χ3n) is 1.24. The van der Waals surface area contributed by atoms with Gasteiger partial charge < -0.3 is 15.2 Å². The maximum atomic E-state index is 9.90. The van der Waals surface area contributed by atoms with Crippen molar-refractivity contribution in [3.05, 3.63) is 0 Å².